The first-order valence-corrected chi connectivity index (χ1v) is 6.24. The summed E-state index contributed by atoms with van der Waals surface area (Å²) < 4.78 is 2.04. The van der Waals surface area contributed by atoms with E-state index in [9.17, 15) is 0 Å². The zero-order chi connectivity index (χ0) is 10.3. The first-order valence-electron chi connectivity index (χ1n) is 5.86. The number of nitrogens with zero attached hydrogens (tertiary/aromatic N) is 2. The molecule has 1 aliphatic heterocycles. The zero-order valence-corrected chi connectivity index (χ0v) is 9.56. The smallest absolute Gasteiger partial charge is 0.143 e. The number of rotatable bonds is 1. The molecule has 1 aliphatic carbocycles. The van der Waals surface area contributed by atoms with Gasteiger partial charge in [0.25, 0.3) is 0 Å². The highest BCUT2D eigenvalue weighted by Gasteiger charge is 2.26. The minimum atomic E-state index is 0.609. The van der Waals surface area contributed by atoms with E-state index in [2.05, 4.69) is 10.4 Å². The molecular formula is C11H16ClN3. The molecule has 0 saturated heterocycles. The minimum Gasteiger partial charge on any atom is -0.369 e. The van der Waals surface area contributed by atoms with Crippen LogP contribution in [0, 0.1) is 0 Å². The lowest BCUT2D eigenvalue weighted by Gasteiger charge is -2.15. The Morgan fingerprint density at radius 2 is 2.07 bits per heavy atom. The van der Waals surface area contributed by atoms with E-state index in [4.69, 9.17) is 11.6 Å². The molecule has 0 aromatic carbocycles. The lowest BCUT2D eigenvalue weighted by atomic mass is 10.0. The van der Waals surface area contributed by atoms with Gasteiger partial charge in [-0.05, 0) is 19.3 Å². The summed E-state index contributed by atoms with van der Waals surface area (Å²) in [5, 5.41) is 8.87. The fourth-order valence-corrected chi connectivity index (χ4v) is 3.04. The molecule has 1 saturated carbocycles. The van der Waals surface area contributed by atoms with Crippen LogP contribution in [-0.2, 0) is 6.54 Å². The number of hydrogen-bond acceptors (Lipinski definition) is 2. The van der Waals surface area contributed by atoms with Crippen LogP contribution >= 0.6 is 11.6 Å². The van der Waals surface area contributed by atoms with Crippen molar-refractivity contribution in [1.82, 2.24) is 9.78 Å². The van der Waals surface area contributed by atoms with Gasteiger partial charge in [-0.1, -0.05) is 24.4 Å². The quantitative estimate of drug-likeness (QED) is 0.796. The number of aryl methyl sites for hydroxylation is 1. The monoisotopic (exact) mass is 225 g/mol. The van der Waals surface area contributed by atoms with E-state index in [1.807, 2.05) is 4.68 Å². The summed E-state index contributed by atoms with van der Waals surface area (Å²) in [4.78, 5) is 0. The number of anilines is 1. The van der Waals surface area contributed by atoms with Gasteiger partial charge in [0.2, 0.25) is 0 Å². The molecule has 15 heavy (non-hydrogen) atoms. The molecule has 1 N–H and O–H groups in total. The molecule has 2 aliphatic rings. The van der Waals surface area contributed by atoms with E-state index in [1.54, 1.807) is 0 Å². The first-order chi connectivity index (χ1) is 7.36. The Hall–Kier alpha value is -0.700. The van der Waals surface area contributed by atoms with Crippen LogP contribution in [0.4, 0.5) is 5.82 Å². The van der Waals surface area contributed by atoms with Gasteiger partial charge in [-0.3, -0.25) is 0 Å². The van der Waals surface area contributed by atoms with Gasteiger partial charge in [0.1, 0.15) is 10.8 Å². The van der Waals surface area contributed by atoms with Crippen LogP contribution < -0.4 is 5.32 Å². The average Bonchev–Trinajstić information content (AvgIpc) is 2.87. The van der Waals surface area contributed by atoms with Crippen molar-refractivity contribution in [3.05, 3.63) is 10.7 Å². The minimum absolute atomic E-state index is 0.609. The predicted molar refractivity (Wildman–Crippen MR) is 61.6 cm³/mol. The van der Waals surface area contributed by atoms with Crippen LogP contribution in [0.2, 0.25) is 5.02 Å². The third-order valence-electron chi connectivity index (χ3n) is 3.50. The standard InChI is InChI=1S/C11H16ClN3/c12-9-10(8-4-1-2-5-8)14-15-7-3-6-13-11(9)15/h8,13H,1-7H2. The van der Waals surface area contributed by atoms with Gasteiger partial charge in [-0.2, -0.15) is 5.10 Å². The lowest BCUT2D eigenvalue weighted by molar-refractivity contribution is 0.551. The highest BCUT2D eigenvalue weighted by molar-refractivity contribution is 6.33. The summed E-state index contributed by atoms with van der Waals surface area (Å²) >= 11 is 6.38. The zero-order valence-electron chi connectivity index (χ0n) is 8.80. The summed E-state index contributed by atoms with van der Waals surface area (Å²) in [5.74, 6) is 1.65. The molecule has 1 aromatic heterocycles. The normalized spacial score (nSPS) is 21.4. The van der Waals surface area contributed by atoms with Crippen molar-refractivity contribution in [2.75, 3.05) is 11.9 Å². The second-order valence-electron chi connectivity index (χ2n) is 4.53. The second-order valence-corrected chi connectivity index (χ2v) is 4.91. The molecule has 1 fully saturated rings. The molecule has 1 aromatic rings. The van der Waals surface area contributed by atoms with Crippen LogP contribution in [0.5, 0.6) is 0 Å². The van der Waals surface area contributed by atoms with Gasteiger partial charge in [0, 0.05) is 19.0 Å². The Morgan fingerprint density at radius 1 is 1.27 bits per heavy atom. The Kier molecular flexibility index (Phi) is 2.35. The maximum absolute atomic E-state index is 6.38. The summed E-state index contributed by atoms with van der Waals surface area (Å²) in [7, 11) is 0. The SMILES string of the molecule is Clc1c(C2CCCC2)nn2c1NCCC2. The van der Waals surface area contributed by atoms with E-state index in [0.29, 0.717) is 5.92 Å². The van der Waals surface area contributed by atoms with Gasteiger partial charge in [-0.15, -0.1) is 0 Å². The maximum Gasteiger partial charge on any atom is 0.143 e. The summed E-state index contributed by atoms with van der Waals surface area (Å²) in [6, 6.07) is 0. The number of aromatic nitrogens is 2. The molecule has 0 amide bonds. The van der Waals surface area contributed by atoms with Crippen molar-refractivity contribution in [3.8, 4) is 0 Å². The number of halogens is 1. The van der Waals surface area contributed by atoms with Crippen molar-refractivity contribution in [3.63, 3.8) is 0 Å². The van der Waals surface area contributed by atoms with Crippen LogP contribution in [-0.4, -0.2) is 16.3 Å². The molecule has 2 heterocycles. The fraction of sp³-hybridized carbons (Fsp3) is 0.727. The average molecular weight is 226 g/mol. The van der Waals surface area contributed by atoms with Crippen LogP contribution in [0.25, 0.3) is 0 Å². The molecule has 3 rings (SSSR count). The van der Waals surface area contributed by atoms with Gasteiger partial charge >= 0.3 is 0 Å². The Balaban J connectivity index is 1.97. The van der Waals surface area contributed by atoms with E-state index >= 15 is 0 Å². The van der Waals surface area contributed by atoms with Crippen molar-refractivity contribution in [1.29, 1.82) is 0 Å². The van der Waals surface area contributed by atoms with Crippen molar-refractivity contribution in [2.24, 2.45) is 0 Å². The summed E-state index contributed by atoms with van der Waals surface area (Å²) in [6.07, 6.45) is 6.33. The molecule has 0 radical (unpaired) electrons. The molecular weight excluding hydrogens is 210 g/mol. The van der Waals surface area contributed by atoms with Crippen molar-refractivity contribution < 1.29 is 0 Å². The molecule has 3 nitrogen and oxygen atoms in total. The van der Waals surface area contributed by atoms with Crippen LogP contribution in [0.1, 0.15) is 43.7 Å². The van der Waals surface area contributed by atoms with Crippen molar-refractivity contribution >= 4 is 17.4 Å². The molecule has 4 heteroatoms. The molecule has 0 atom stereocenters. The van der Waals surface area contributed by atoms with Gasteiger partial charge < -0.3 is 5.32 Å². The Labute approximate surface area is 94.8 Å². The number of nitrogens with one attached hydrogen (secondary N) is 1. The highest BCUT2D eigenvalue weighted by atomic mass is 35.5. The van der Waals surface area contributed by atoms with Gasteiger partial charge in [0.05, 0.1) is 5.69 Å². The Morgan fingerprint density at radius 3 is 2.80 bits per heavy atom. The summed E-state index contributed by atoms with van der Waals surface area (Å²) in [5.41, 5.74) is 1.14. The molecule has 0 spiro atoms. The Bertz CT molecular complexity index is 366. The molecule has 0 bridgehead atoms. The second kappa shape index (κ2) is 3.71. The van der Waals surface area contributed by atoms with E-state index in [0.717, 1.165) is 36.0 Å². The first kappa shape index (κ1) is 9.52. The number of fused-ring (bicyclic) bond motifs is 1. The summed E-state index contributed by atoms with van der Waals surface area (Å²) in [6.45, 7) is 2.03. The lowest BCUT2D eigenvalue weighted by Crippen LogP contribution is -2.17. The van der Waals surface area contributed by atoms with Gasteiger partial charge in [0.15, 0.2) is 0 Å². The third kappa shape index (κ3) is 1.53. The topological polar surface area (TPSA) is 29.9 Å². The highest BCUT2D eigenvalue weighted by Crippen LogP contribution is 2.40. The molecule has 0 unspecified atom stereocenters. The molecule has 82 valence electrons. The van der Waals surface area contributed by atoms with Crippen LogP contribution in [0.3, 0.4) is 0 Å². The van der Waals surface area contributed by atoms with Gasteiger partial charge in [-0.25, -0.2) is 4.68 Å². The largest absolute Gasteiger partial charge is 0.369 e. The van der Waals surface area contributed by atoms with E-state index in [1.165, 1.54) is 25.7 Å². The van der Waals surface area contributed by atoms with E-state index < -0.39 is 0 Å². The van der Waals surface area contributed by atoms with Crippen molar-refractivity contribution in [2.45, 2.75) is 44.6 Å². The van der Waals surface area contributed by atoms with Crippen LogP contribution in [0.15, 0.2) is 0 Å². The third-order valence-corrected chi connectivity index (χ3v) is 3.87. The fourth-order valence-electron chi connectivity index (χ4n) is 2.68. The maximum atomic E-state index is 6.38. The number of hydrogen-bond donors (Lipinski definition) is 1. The van der Waals surface area contributed by atoms with E-state index in [-0.39, 0.29) is 0 Å². The predicted octanol–water partition coefficient (Wildman–Crippen LogP) is 3.01.